The van der Waals surface area contributed by atoms with Crippen molar-refractivity contribution in [2.45, 2.75) is 0 Å². The zero-order chi connectivity index (χ0) is 11.3. The predicted octanol–water partition coefficient (Wildman–Crippen LogP) is 0.0800. The maximum Gasteiger partial charge on any atom is 2.00 e. The normalized spacial score (nSPS) is 9.00. The van der Waals surface area contributed by atoms with E-state index in [-0.39, 0.29) is 28.0 Å². The summed E-state index contributed by atoms with van der Waals surface area (Å²) in [5.41, 5.74) is 8.61. The minimum absolute atomic E-state index is 0. The average Bonchev–Trinajstić information content (AvgIpc) is 2.20. The second-order valence-corrected chi connectivity index (χ2v) is 2.63. The monoisotopic (exact) mass is 286 g/mol. The van der Waals surface area contributed by atoms with Gasteiger partial charge in [-0.25, -0.2) is 0 Å². The molecule has 0 saturated carbocycles. The Morgan fingerprint density at radius 1 is 1.59 bits per heavy atom. The van der Waals surface area contributed by atoms with Gasteiger partial charge in [0.05, 0.1) is 12.7 Å². The first-order valence-electron chi connectivity index (χ1n) is 4.09. The average molecular weight is 286 g/mol. The maximum atomic E-state index is 8.54. The van der Waals surface area contributed by atoms with Crippen LogP contribution < -0.4 is 10.5 Å². The minimum Gasteiger partial charge on any atom is -0.870 e. The molecule has 0 aliphatic carbocycles. The molecule has 0 aliphatic rings. The van der Waals surface area contributed by atoms with Crippen molar-refractivity contribution < 1.29 is 36.9 Å². The molecule has 0 unspecified atom stereocenters. The Bertz CT molecular complexity index is 398. The fraction of sp³-hybridized carbons (Fsp3) is 0.111. The van der Waals surface area contributed by atoms with Crippen molar-refractivity contribution >= 4 is 12.2 Å². The second-order valence-electron chi connectivity index (χ2n) is 2.63. The van der Waals surface area contributed by atoms with Crippen LogP contribution in [0.4, 0.5) is 0 Å². The zero-order valence-electron chi connectivity index (χ0n) is 8.92. The first-order valence-corrected chi connectivity index (χ1v) is 4.09. The summed E-state index contributed by atoms with van der Waals surface area (Å²) in [5, 5.41) is 11.2. The van der Waals surface area contributed by atoms with Gasteiger partial charge in [0.2, 0.25) is 5.75 Å². The fourth-order valence-electron chi connectivity index (χ4n) is 0.976. The van der Waals surface area contributed by atoms with Gasteiger partial charge in [-0.2, -0.15) is 0 Å². The molecule has 0 spiro atoms. The molecule has 0 fully saturated rings. The van der Waals surface area contributed by atoms with E-state index in [0.717, 1.165) is 0 Å². The molecule has 1 aromatic carbocycles. The molecule has 0 aliphatic heterocycles. The van der Waals surface area contributed by atoms with Gasteiger partial charge in [0.15, 0.2) is 0 Å². The zero-order valence-corrected chi connectivity index (χ0v) is 9.96. The van der Waals surface area contributed by atoms with Crippen LogP contribution in [0.25, 0.3) is 5.43 Å². The Morgan fingerprint density at radius 3 is 2.76 bits per heavy atom. The van der Waals surface area contributed by atoms with Crippen LogP contribution in [-0.2, 0) is 16.8 Å². The van der Waals surface area contributed by atoms with Gasteiger partial charge in [-0.1, -0.05) is 6.07 Å². The number of amides is 2. The van der Waals surface area contributed by atoms with Crippen LogP contribution in [0, 0.1) is 0 Å². The molecule has 1 radical (unpaired) electrons. The summed E-state index contributed by atoms with van der Waals surface area (Å²) in [6.45, 7) is 0. The Labute approximate surface area is 108 Å². The molecular formula is C9H13CoN3O4+2. The van der Waals surface area contributed by atoms with Crippen molar-refractivity contribution in [2.75, 3.05) is 7.11 Å². The molecule has 2 amide bonds. The number of methoxy groups -OCH3 is 1. The molecule has 0 aromatic heterocycles. The van der Waals surface area contributed by atoms with Gasteiger partial charge in [-0.3, -0.25) is 15.3 Å². The SMILES string of the molecule is COc1cccc(C=N[N-]C(N)=[OH+])c1[OH2+].[Co+2].[OH-]. The summed E-state index contributed by atoms with van der Waals surface area (Å²) in [6.07, 6.45) is 1.31. The number of rotatable bonds is 3. The van der Waals surface area contributed by atoms with Gasteiger partial charge in [-0.15, -0.1) is 0 Å². The molecule has 1 aromatic rings. The number of ether oxygens (including phenoxy) is 1. The number of primary amides is 1. The van der Waals surface area contributed by atoms with Crippen LogP contribution in [0.3, 0.4) is 0 Å². The maximum absolute atomic E-state index is 8.54. The quantitative estimate of drug-likeness (QED) is 0.478. The fourth-order valence-corrected chi connectivity index (χ4v) is 0.976. The van der Waals surface area contributed by atoms with Gasteiger partial charge in [0.1, 0.15) is 0 Å². The smallest absolute Gasteiger partial charge is 0.870 e. The van der Waals surface area contributed by atoms with Gasteiger partial charge >= 0.3 is 28.6 Å². The third-order valence-corrected chi connectivity index (χ3v) is 1.64. The summed E-state index contributed by atoms with van der Waals surface area (Å²) in [7, 11) is 1.48. The van der Waals surface area contributed by atoms with Gasteiger partial charge in [0.25, 0.3) is 0 Å². The number of urea groups is 1. The van der Waals surface area contributed by atoms with Crippen molar-refractivity contribution in [3.05, 3.63) is 29.2 Å². The Kier molecular flexibility index (Phi) is 8.69. The molecule has 8 heteroatoms. The first kappa shape index (κ1) is 17.6. The molecule has 17 heavy (non-hydrogen) atoms. The van der Waals surface area contributed by atoms with Crippen molar-refractivity contribution in [3.63, 3.8) is 0 Å². The van der Waals surface area contributed by atoms with Crippen LogP contribution in [-0.4, -0.2) is 34.7 Å². The van der Waals surface area contributed by atoms with Gasteiger partial charge < -0.3 is 21.1 Å². The molecular weight excluding hydrogens is 273 g/mol. The van der Waals surface area contributed by atoms with Crippen LogP contribution in [0.15, 0.2) is 23.3 Å². The molecule has 0 heterocycles. The number of nitrogens with zero attached hydrogens (tertiary/aromatic N) is 2. The number of nitrogens with two attached hydrogens (primary N) is 1. The van der Waals surface area contributed by atoms with Crippen molar-refractivity contribution in [1.29, 1.82) is 0 Å². The van der Waals surface area contributed by atoms with Crippen LogP contribution in [0.5, 0.6) is 11.5 Å². The van der Waals surface area contributed by atoms with E-state index in [9.17, 15) is 0 Å². The Balaban J connectivity index is 0. The van der Waals surface area contributed by atoms with E-state index in [1.165, 1.54) is 13.3 Å². The topological polar surface area (TPSA) is 136 Å². The van der Waals surface area contributed by atoms with E-state index >= 15 is 0 Å². The molecule has 0 atom stereocenters. The van der Waals surface area contributed by atoms with Gasteiger partial charge in [-0.05, 0) is 12.1 Å². The summed E-state index contributed by atoms with van der Waals surface area (Å²) >= 11 is 0. The molecule has 95 valence electrons. The first-order chi connectivity index (χ1) is 7.15. The molecule has 1 rings (SSSR count). The van der Waals surface area contributed by atoms with Crippen LogP contribution in [0.1, 0.15) is 5.56 Å². The molecule has 0 bridgehead atoms. The Morgan fingerprint density at radius 2 is 2.24 bits per heavy atom. The summed E-state index contributed by atoms with van der Waals surface area (Å²) < 4.78 is 4.95. The summed E-state index contributed by atoms with van der Waals surface area (Å²) in [5.74, 6) is 0.648. The number of hydrogen-bond donors (Lipinski definition) is 1. The molecule has 7 nitrogen and oxygen atoms in total. The van der Waals surface area contributed by atoms with E-state index in [4.69, 9.17) is 20.4 Å². The van der Waals surface area contributed by atoms with E-state index in [1.54, 1.807) is 18.2 Å². The number of carbonyl (C=O) groups excluding carboxylic acids is 1. The van der Waals surface area contributed by atoms with Crippen LogP contribution >= 0.6 is 0 Å². The van der Waals surface area contributed by atoms with Crippen LogP contribution in [0.2, 0.25) is 0 Å². The third kappa shape index (κ3) is 5.20. The van der Waals surface area contributed by atoms with E-state index in [0.29, 0.717) is 11.3 Å². The molecule has 0 saturated heterocycles. The predicted molar refractivity (Wildman–Crippen MR) is 60.1 cm³/mol. The van der Waals surface area contributed by atoms with Gasteiger partial charge in [0, 0.05) is 6.21 Å². The number of benzene rings is 1. The molecule has 6 N–H and O–H groups in total. The summed E-state index contributed by atoms with van der Waals surface area (Å²) in [6, 6.07) is 4.45. The van der Waals surface area contributed by atoms with E-state index in [1.807, 2.05) is 0 Å². The largest absolute Gasteiger partial charge is 2.00 e. The van der Waals surface area contributed by atoms with Crippen molar-refractivity contribution in [3.8, 4) is 11.5 Å². The third-order valence-electron chi connectivity index (χ3n) is 1.64. The Hall–Kier alpha value is -1.77. The van der Waals surface area contributed by atoms with Crippen molar-refractivity contribution in [2.24, 2.45) is 10.8 Å². The number of para-hydroxylation sites is 1. The van der Waals surface area contributed by atoms with E-state index < -0.39 is 6.03 Å². The van der Waals surface area contributed by atoms with E-state index in [2.05, 4.69) is 10.5 Å². The van der Waals surface area contributed by atoms with Crippen molar-refractivity contribution in [1.82, 2.24) is 0 Å². The standard InChI is InChI=1S/C9H11N3O3.Co.H2O/c1-15-7-4-2-3-6(8(7)13)5-11-12-9(10)14;;/h2-5H,1H3,(H4,10,11,12,13,14);;1H2/q;+2;. The number of hydrogen-bond acceptors (Lipinski definition) is 3. The minimum atomic E-state index is -0.624. The summed E-state index contributed by atoms with van der Waals surface area (Å²) in [4.78, 5) is 8.54. The second kappa shape index (κ2) is 8.39.